The average Bonchev–Trinajstić information content (AvgIpc) is 2.35. The van der Waals surface area contributed by atoms with Crippen LogP contribution in [0.25, 0.3) is 0 Å². The summed E-state index contributed by atoms with van der Waals surface area (Å²) in [5.41, 5.74) is -0.502. The molecule has 0 fully saturated rings. The third kappa shape index (κ3) is 4.71. The number of hydrogen-bond acceptors (Lipinski definition) is 3. The van der Waals surface area contributed by atoms with Crippen LogP contribution in [0.15, 0.2) is 18.2 Å². The van der Waals surface area contributed by atoms with Gasteiger partial charge in [-0.15, -0.1) is 0 Å². The first-order chi connectivity index (χ1) is 9.45. The number of benzene rings is 1. The van der Waals surface area contributed by atoms with Crippen LogP contribution in [0.1, 0.15) is 30.6 Å². The maximum Gasteiger partial charge on any atom is 0.182 e. The maximum atomic E-state index is 13.5. The van der Waals surface area contributed by atoms with E-state index in [4.69, 9.17) is 5.26 Å². The van der Waals surface area contributed by atoms with E-state index in [1.54, 1.807) is 4.90 Å². The molecule has 0 saturated carbocycles. The zero-order valence-electron chi connectivity index (χ0n) is 11.7. The number of nitrogens with zero attached hydrogens (tertiary/aromatic N) is 2. The van der Waals surface area contributed by atoms with E-state index in [-0.39, 0.29) is 13.0 Å². The average molecular weight is 280 g/mol. The Balaban J connectivity index is 2.82. The van der Waals surface area contributed by atoms with Crippen molar-refractivity contribution < 1.29 is 13.6 Å². The van der Waals surface area contributed by atoms with Gasteiger partial charge in [-0.2, -0.15) is 5.26 Å². The van der Waals surface area contributed by atoms with E-state index in [2.05, 4.69) is 0 Å². The molecule has 20 heavy (non-hydrogen) atoms. The molecule has 0 atom stereocenters. The topological polar surface area (TPSA) is 44.1 Å². The molecule has 3 nitrogen and oxygen atoms in total. The zero-order chi connectivity index (χ0) is 15.1. The van der Waals surface area contributed by atoms with Gasteiger partial charge in [0.2, 0.25) is 0 Å². The van der Waals surface area contributed by atoms with E-state index in [1.807, 2.05) is 19.9 Å². The summed E-state index contributed by atoms with van der Waals surface area (Å²) in [6.45, 7) is 4.89. The zero-order valence-corrected chi connectivity index (χ0v) is 11.7. The highest BCUT2D eigenvalue weighted by molar-refractivity contribution is 5.98. The summed E-state index contributed by atoms with van der Waals surface area (Å²) in [6, 6.07) is 5.37. The van der Waals surface area contributed by atoms with Crippen molar-refractivity contribution in [2.45, 2.75) is 20.3 Å². The minimum absolute atomic E-state index is 0.0856. The Kier molecular flexibility index (Phi) is 6.26. The van der Waals surface area contributed by atoms with E-state index in [0.717, 1.165) is 12.1 Å². The number of carbonyl (C=O) groups is 1. The van der Waals surface area contributed by atoms with Crippen LogP contribution in [0.4, 0.5) is 8.78 Å². The number of rotatable bonds is 7. The molecule has 5 heteroatoms. The predicted octanol–water partition coefficient (Wildman–Crippen LogP) is 3.02. The highest BCUT2D eigenvalue weighted by Gasteiger charge is 2.20. The number of halogens is 2. The van der Waals surface area contributed by atoms with Crippen molar-refractivity contribution in [1.82, 2.24) is 4.90 Å². The van der Waals surface area contributed by atoms with E-state index in [9.17, 15) is 13.6 Å². The second kappa shape index (κ2) is 7.71. The van der Waals surface area contributed by atoms with Gasteiger partial charge in [-0.05, 0) is 18.1 Å². The van der Waals surface area contributed by atoms with Gasteiger partial charge in [0.25, 0.3) is 0 Å². The standard InChI is InChI=1S/C15H18F2N2O/c1-11(2)9-19(8-4-7-18)10-14(20)15-12(16)5-3-6-13(15)17/h3,5-6,11H,4,8-10H2,1-2H3. The summed E-state index contributed by atoms with van der Waals surface area (Å²) in [6.07, 6.45) is 0.278. The first-order valence-electron chi connectivity index (χ1n) is 6.52. The third-order valence-corrected chi connectivity index (χ3v) is 2.77. The van der Waals surface area contributed by atoms with Gasteiger partial charge in [-0.3, -0.25) is 9.69 Å². The molecule has 0 spiro atoms. The van der Waals surface area contributed by atoms with Crippen LogP contribution in [0.5, 0.6) is 0 Å². The predicted molar refractivity (Wildman–Crippen MR) is 72.2 cm³/mol. The molecule has 0 saturated heterocycles. The lowest BCUT2D eigenvalue weighted by Crippen LogP contribution is -2.34. The van der Waals surface area contributed by atoms with Crippen LogP contribution in [-0.2, 0) is 0 Å². The van der Waals surface area contributed by atoms with Crippen molar-refractivity contribution in [3.8, 4) is 6.07 Å². The number of Topliss-reactive ketones (excluding diaryl/α,β-unsaturated/α-hetero) is 1. The van der Waals surface area contributed by atoms with Crippen LogP contribution in [-0.4, -0.2) is 30.3 Å². The van der Waals surface area contributed by atoms with Crippen LogP contribution < -0.4 is 0 Å². The van der Waals surface area contributed by atoms with E-state index in [1.165, 1.54) is 6.07 Å². The molecule has 1 aromatic carbocycles. The van der Waals surface area contributed by atoms with Crippen molar-refractivity contribution in [2.24, 2.45) is 5.92 Å². The lowest BCUT2D eigenvalue weighted by atomic mass is 10.1. The molecule has 0 unspecified atom stereocenters. The van der Waals surface area contributed by atoms with Crippen LogP contribution >= 0.6 is 0 Å². The fourth-order valence-corrected chi connectivity index (χ4v) is 2.01. The van der Waals surface area contributed by atoms with Crippen molar-refractivity contribution in [2.75, 3.05) is 19.6 Å². The van der Waals surface area contributed by atoms with Gasteiger partial charge in [0.05, 0.1) is 18.2 Å². The quantitative estimate of drug-likeness (QED) is 0.721. The van der Waals surface area contributed by atoms with E-state index < -0.39 is 23.0 Å². The molecular formula is C15H18F2N2O. The molecular weight excluding hydrogens is 262 g/mol. The van der Waals surface area contributed by atoms with E-state index in [0.29, 0.717) is 19.0 Å². The second-order valence-corrected chi connectivity index (χ2v) is 5.06. The minimum atomic E-state index is -0.847. The fourth-order valence-electron chi connectivity index (χ4n) is 2.01. The summed E-state index contributed by atoms with van der Waals surface area (Å²) in [5.74, 6) is -1.99. The highest BCUT2D eigenvalue weighted by atomic mass is 19.1. The van der Waals surface area contributed by atoms with Gasteiger partial charge in [-0.25, -0.2) is 8.78 Å². The van der Waals surface area contributed by atoms with Gasteiger partial charge in [0, 0.05) is 19.5 Å². The molecule has 0 amide bonds. The number of carbonyl (C=O) groups excluding carboxylic acids is 1. The Morgan fingerprint density at radius 1 is 1.35 bits per heavy atom. The Morgan fingerprint density at radius 2 is 1.95 bits per heavy atom. The molecule has 0 bridgehead atoms. The molecule has 0 aromatic heterocycles. The van der Waals surface area contributed by atoms with Crippen LogP contribution in [0, 0.1) is 28.9 Å². The molecule has 0 heterocycles. The third-order valence-electron chi connectivity index (χ3n) is 2.77. The van der Waals surface area contributed by atoms with Gasteiger partial charge in [0.1, 0.15) is 11.6 Å². The van der Waals surface area contributed by atoms with Crippen LogP contribution in [0.3, 0.4) is 0 Å². The molecule has 1 rings (SSSR count). The smallest absolute Gasteiger partial charge is 0.182 e. The van der Waals surface area contributed by atoms with Crippen molar-refractivity contribution in [3.05, 3.63) is 35.4 Å². The minimum Gasteiger partial charge on any atom is -0.295 e. The molecule has 108 valence electrons. The lowest BCUT2D eigenvalue weighted by molar-refractivity contribution is 0.0915. The lowest BCUT2D eigenvalue weighted by Gasteiger charge is -2.22. The highest BCUT2D eigenvalue weighted by Crippen LogP contribution is 2.14. The van der Waals surface area contributed by atoms with E-state index >= 15 is 0 Å². The van der Waals surface area contributed by atoms with Gasteiger partial charge in [-0.1, -0.05) is 19.9 Å². The fraction of sp³-hybridized carbons (Fsp3) is 0.467. The molecule has 0 aliphatic carbocycles. The monoisotopic (exact) mass is 280 g/mol. The SMILES string of the molecule is CC(C)CN(CCC#N)CC(=O)c1c(F)cccc1F. The molecule has 0 aliphatic heterocycles. The summed E-state index contributed by atoms with van der Waals surface area (Å²) in [5, 5.41) is 8.61. The van der Waals surface area contributed by atoms with Gasteiger partial charge < -0.3 is 0 Å². The van der Waals surface area contributed by atoms with Gasteiger partial charge in [0.15, 0.2) is 5.78 Å². The number of nitriles is 1. The first-order valence-corrected chi connectivity index (χ1v) is 6.52. The summed E-state index contributed by atoms with van der Waals surface area (Å²) in [7, 11) is 0. The Morgan fingerprint density at radius 3 is 2.45 bits per heavy atom. The van der Waals surface area contributed by atoms with Crippen molar-refractivity contribution >= 4 is 5.78 Å². The summed E-state index contributed by atoms with van der Waals surface area (Å²) < 4.78 is 27.1. The largest absolute Gasteiger partial charge is 0.295 e. The van der Waals surface area contributed by atoms with Crippen molar-refractivity contribution in [3.63, 3.8) is 0 Å². The Bertz CT molecular complexity index is 489. The maximum absolute atomic E-state index is 13.5. The van der Waals surface area contributed by atoms with Gasteiger partial charge >= 0.3 is 0 Å². The second-order valence-electron chi connectivity index (χ2n) is 5.06. The Labute approximate surface area is 117 Å². The summed E-state index contributed by atoms with van der Waals surface area (Å²) in [4.78, 5) is 13.8. The number of hydrogen-bond donors (Lipinski definition) is 0. The Hall–Kier alpha value is -1.80. The molecule has 0 N–H and O–H groups in total. The van der Waals surface area contributed by atoms with Crippen molar-refractivity contribution in [1.29, 1.82) is 5.26 Å². The van der Waals surface area contributed by atoms with Crippen LogP contribution in [0.2, 0.25) is 0 Å². The normalized spacial score (nSPS) is 10.8. The molecule has 0 aliphatic rings. The number of ketones is 1. The summed E-state index contributed by atoms with van der Waals surface area (Å²) >= 11 is 0. The first kappa shape index (κ1) is 16.3. The molecule has 0 radical (unpaired) electrons. The molecule has 1 aromatic rings.